The highest BCUT2D eigenvalue weighted by atomic mass is 79.9. The second-order valence-electron chi connectivity index (χ2n) is 4.27. The van der Waals surface area contributed by atoms with Crippen LogP contribution in [0, 0.1) is 5.41 Å². The van der Waals surface area contributed by atoms with Crippen LogP contribution < -0.4 is 10.6 Å². The van der Waals surface area contributed by atoms with Crippen molar-refractivity contribution >= 4 is 43.6 Å². The lowest BCUT2D eigenvalue weighted by Gasteiger charge is -2.21. The average molecular weight is 364 g/mol. The van der Waals surface area contributed by atoms with Gasteiger partial charge < -0.3 is 10.6 Å². The lowest BCUT2D eigenvalue weighted by atomic mass is 9.89. The highest BCUT2D eigenvalue weighted by Gasteiger charge is 2.36. The van der Waals surface area contributed by atoms with Crippen LogP contribution in [0.15, 0.2) is 15.4 Å². The average Bonchev–Trinajstić information content (AvgIpc) is 2.71. The summed E-state index contributed by atoms with van der Waals surface area (Å²) in [6.07, 6.45) is 2.38. The van der Waals surface area contributed by atoms with Crippen LogP contribution in [-0.2, 0) is 4.79 Å². The Kier molecular flexibility index (Phi) is 3.79. The van der Waals surface area contributed by atoms with E-state index in [0.717, 1.165) is 13.0 Å². The van der Waals surface area contributed by atoms with Gasteiger partial charge in [-0.15, -0.1) is 0 Å². The number of hydrogen-bond donors (Lipinski definition) is 2. The van der Waals surface area contributed by atoms with Crippen molar-refractivity contribution in [3.8, 4) is 0 Å². The Balaban J connectivity index is 2.13. The normalized spacial score (nSPS) is 23.7. The minimum absolute atomic E-state index is 0.0279. The van der Waals surface area contributed by atoms with Crippen molar-refractivity contribution in [2.75, 3.05) is 18.4 Å². The Bertz CT molecular complexity index is 446. The fourth-order valence-corrected chi connectivity index (χ4v) is 2.61. The third-order valence-corrected chi connectivity index (χ3v) is 3.78. The molecule has 5 nitrogen and oxygen atoms in total. The number of rotatable bonds is 2. The van der Waals surface area contributed by atoms with Crippen LogP contribution in [0.4, 0.5) is 5.82 Å². The van der Waals surface area contributed by atoms with Crippen molar-refractivity contribution in [1.82, 2.24) is 15.3 Å². The predicted octanol–water partition coefficient (Wildman–Crippen LogP) is 1.94. The van der Waals surface area contributed by atoms with Crippen LogP contribution in [-0.4, -0.2) is 29.0 Å². The highest BCUT2D eigenvalue weighted by molar-refractivity contribution is 9.11. The Morgan fingerprint density at radius 3 is 2.94 bits per heavy atom. The molecule has 0 radical (unpaired) electrons. The number of anilines is 1. The van der Waals surface area contributed by atoms with Crippen molar-refractivity contribution in [2.24, 2.45) is 5.41 Å². The van der Waals surface area contributed by atoms with Gasteiger partial charge in [0.05, 0.1) is 11.6 Å². The fraction of sp³-hybridized carbons (Fsp3) is 0.500. The van der Waals surface area contributed by atoms with Gasteiger partial charge in [0.15, 0.2) is 5.82 Å². The first kappa shape index (κ1) is 12.9. The molecule has 1 fully saturated rings. The number of carbonyl (C=O) groups excluding carboxylic acids is 1. The maximum Gasteiger partial charge on any atom is 0.232 e. The minimum atomic E-state index is -0.367. The smallest absolute Gasteiger partial charge is 0.232 e. The second-order valence-corrected chi connectivity index (χ2v) is 5.84. The van der Waals surface area contributed by atoms with E-state index in [1.165, 1.54) is 0 Å². The molecular formula is C10H12Br2N4O. The van der Waals surface area contributed by atoms with Crippen LogP contribution in [0.3, 0.4) is 0 Å². The largest absolute Gasteiger partial charge is 0.316 e. The Morgan fingerprint density at radius 1 is 1.59 bits per heavy atom. The summed E-state index contributed by atoms with van der Waals surface area (Å²) in [7, 11) is 0. The number of hydrogen-bond acceptors (Lipinski definition) is 4. The first-order valence-corrected chi connectivity index (χ1v) is 6.80. The molecule has 2 N–H and O–H groups in total. The minimum Gasteiger partial charge on any atom is -0.316 e. The van der Waals surface area contributed by atoms with Crippen LogP contribution in [0.1, 0.15) is 13.3 Å². The molecule has 0 aromatic carbocycles. The van der Waals surface area contributed by atoms with Crippen molar-refractivity contribution in [3.05, 3.63) is 15.4 Å². The van der Waals surface area contributed by atoms with Gasteiger partial charge in [-0.3, -0.25) is 4.79 Å². The van der Waals surface area contributed by atoms with Crippen molar-refractivity contribution in [3.63, 3.8) is 0 Å². The van der Waals surface area contributed by atoms with Crippen LogP contribution in [0.2, 0.25) is 0 Å². The van der Waals surface area contributed by atoms with Crippen LogP contribution >= 0.6 is 31.9 Å². The molecule has 1 aromatic rings. The van der Waals surface area contributed by atoms with Crippen molar-refractivity contribution in [2.45, 2.75) is 13.3 Å². The van der Waals surface area contributed by atoms with E-state index in [1.807, 2.05) is 6.92 Å². The van der Waals surface area contributed by atoms with Gasteiger partial charge in [-0.25, -0.2) is 9.97 Å². The summed E-state index contributed by atoms with van der Waals surface area (Å²) >= 11 is 6.48. The molecular weight excluding hydrogens is 352 g/mol. The van der Waals surface area contributed by atoms with E-state index in [2.05, 4.69) is 52.5 Å². The second kappa shape index (κ2) is 4.99. The number of nitrogens with zero attached hydrogens (tertiary/aromatic N) is 2. The quantitative estimate of drug-likeness (QED) is 0.842. The van der Waals surface area contributed by atoms with E-state index in [9.17, 15) is 4.79 Å². The highest BCUT2D eigenvalue weighted by Crippen LogP contribution is 2.27. The SMILES string of the molecule is CC1(C(=O)Nc2ncc(Br)nc2Br)CCNC1. The van der Waals surface area contributed by atoms with Gasteiger partial charge in [0, 0.05) is 6.54 Å². The monoisotopic (exact) mass is 362 g/mol. The van der Waals surface area contributed by atoms with Gasteiger partial charge in [0.25, 0.3) is 0 Å². The van der Waals surface area contributed by atoms with Gasteiger partial charge >= 0.3 is 0 Å². The summed E-state index contributed by atoms with van der Waals surface area (Å²) in [5, 5.41) is 5.99. The van der Waals surface area contributed by atoms with E-state index in [-0.39, 0.29) is 11.3 Å². The maximum absolute atomic E-state index is 12.1. The molecule has 0 saturated carbocycles. The molecule has 0 bridgehead atoms. The molecule has 7 heteroatoms. The van der Waals surface area contributed by atoms with E-state index in [4.69, 9.17) is 0 Å². The molecule has 1 saturated heterocycles. The third-order valence-electron chi connectivity index (χ3n) is 2.85. The number of halogens is 2. The molecule has 0 spiro atoms. The zero-order valence-corrected chi connectivity index (χ0v) is 12.4. The topological polar surface area (TPSA) is 66.9 Å². The summed E-state index contributed by atoms with van der Waals surface area (Å²) in [5.74, 6) is 0.422. The van der Waals surface area contributed by atoms with Gasteiger partial charge in [0.2, 0.25) is 5.91 Å². The van der Waals surface area contributed by atoms with Gasteiger partial charge in [-0.2, -0.15) is 0 Å². The van der Waals surface area contributed by atoms with Crippen LogP contribution in [0.25, 0.3) is 0 Å². The van der Waals surface area contributed by atoms with Crippen LogP contribution in [0.5, 0.6) is 0 Å². The van der Waals surface area contributed by atoms with E-state index in [1.54, 1.807) is 6.20 Å². The summed E-state index contributed by atoms with van der Waals surface area (Å²) < 4.78 is 1.14. The zero-order valence-electron chi connectivity index (χ0n) is 9.26. The predicted molar refractivity (Wildman–Crippen MR) is 71.7 cm³/mol. The molecule has 1 aromatic heterocycles. The lowest BCUT2D eigenvalue weighted by Crippen LogP contribution is -2.35. The molecule has 2 rings (SSSR count). The fourth-order valence-electron chi connectivity index (χ4n) is 1.70. The molecule has 92 valence electrons. The molecule has 1 atom stereocenters. The molecule has 1 unspecified atom stereocenters. The first-order chi connectivity index (χ1) is 8.01. The van der Waals surface area contributed by atoms with Gasteiger partial charge in [-0.05, 0) is 51.7 Å². The molecule has 0 aliphatic carbocycles. The van der Waals surface area contributed by atoms with Crippen molar-refractivity contribution in [1.29, 1.82) is 0 Å². The number of amides is 1. The van der Waals surface area contributed by atoms with Gasteiger partial charge in [0.1, 0.15) is 9.21 Å². The molecule has 1 aliphatic rings. The summed E-state index contributed by atoms with van der Waals surface area (Å²) in [5.41, 5.74) is -0.367. The Labute approximate surface area is 116 Å². The molecule has 1 amide bonds. The summed E-state index contributed by atoms with van der Waals surface area (Å²) in [4.78, 5) is 20.4. The summed E-state index contributed by atoms with van der Waals surface area (Å²) in [6, 6.07) is 0. The molecule has 17 heavy (non-hydrogen) atoms. The molecule has 2 heterocycles. The van der Waals surface area contributed by atoms with Gasteiger partial charge in [-0.1, -0.05) is 0 Å². The van der Waals surface area contributed by atoms with Crippen molar-refractivity contribution < 1.29 is 4.79 Å². The van der Waals surface area contributed by atoms with E-state index in [0.29, 0.717) is 21.6 Å². The lowest BCUT2D eigenvalue weighted by molar-refractivity contribution is -0.123. The first-order valence-electron chi connectivity index (χ1n) is 5.21. The summed E-state index contributed by atoms with van der Waals surface area (Å²) in [6.45, 7) is 3.51. The standard InChI is InChI=1S/C10H12Br2N4O/c1-10(2-3-13-5-10)9(17)16-8-7(12)15-6(11)4-14-8/h4,13H,2-3,5H2,1H3,(H,14,16,17). The Hall–Kier alpha value is -0.530. The Morgan fingerprint density at radius 2 is 2.35 bits per heavy atom. The zero-order chi connectivity index (χ0) is 12.5. The molecule has 1 aliphatic heterocycles. The van der Waals surface area contributed by atoms with E-state index < -0.39 is 0 Å². The number of nitrogens with one attached hydrogen (secondary N) is 2. The van der Waals surface area contributed by atoms with E-state index >= 15 is 0 Å². The maximum atomic E-state index is 12.1. The number of carbonyl (C=O) groups is 1. The number of aromatic nitrogens is 2. The third kappa shape index (κ3) is 2.83.